The number of carbonyl (C=O) groups is 3. The zero-order valence-electron chi connectivity index (χ0n) is 26.4. The number of fused-ring (bicyclic) bond motifs is 1. The molecule has 2 atom stereocenters. The number of hydrogen-bond acceptors (Lipinski definition) is 5. The highest BCUT2D eigenvalue weighted by molar-refractivity contribution is 6.00. The van der Waals surface area contributed by atoms with Gasteiger partial charge in [-0.1, -0.05) is 75.4 Å². The van der Waals surface area contributed by atoms with Crippen LogP contribution < -0.4 is 10.6 Å². The molecule has 0 aliphatic heterocycles. The average Bonchev–Trinajstić information content (AvgIpc) is 2.94. The molecule has 3 N–H and O–H groups in total. The minimum Gasteiger partial charge on any atom is -0.508 e. The minimum atomic E-state index is -1.00. The molecule has 8 nitrogen and oxygen atoms in total. The molecule has 0 saturated heterocycles. The largest absolute Gasteiger partial charge is 0.508 e. The molecule has 3 aromatic rings. The highest BCUT2D eigenvalue weighted by Crippen LogP contribution is 2.29. The Labute approximate surface area is 255 Å². The fraction of sp³-hybridized carbons (Fsp3) is 0.457. The van der Waals surface area contributed by atoms with E-state index in [1.54, 1.807) is 51.7 Å². The van der Waals surface area contributed by atoms with Gasteiger partial charge in [0.1, 0.15) is 23.4 Å². The van der Waals surface area contributed by atoms with Crippen molar-refractivity contribution in [1.82, 2.24) is 10.2 Å². The first-order valence-electron chi connectivity index (χ1n) is 15.3. The first-order chi connectivity index (χ1) is 20.4. The Bertz CT molecular complexity index is 1400. The Hall–Kier alpha value is -4.07. The molecule has 0 bridgehead atoms. The fourth-order valence-corrected chi connectivity index (χ4v) is 5.02. The van der Waals surface area contributed by atoms with E-state index in [2.05, 4.69) is 17.6 Å². The van der Waals surface area contributed by atoms with Crippen LogP contribution in [0.3, 0.4) is 0 Å². The predicted molar refractivity (Wildman–Crippen MR) is 172 cm³/mol. The van der Waals surface area contributed by atoms with Crippen LogP contribution in [0.2, 0.25) is 0 Å². The summed E-state index contributed by atoms with van der Waals surface area (Å²) in [4.78, 5) is 42.2. The molecule has 0 aliphatic rings. The Morgan fingerprint density at radius 1 is 0.907 bits per heavy atom. The first kappa shape index (κ1) is 33.4. The van der Waals surface area contributed by atoms with Crippen LogP contribution >= 0.6 is 0 Å². The van der Waals surface area contributed by atoms with Crippen LogP contribution in [0.1, 0.15) is 90.3 Å². The Morgan fingerprint density at radius 3 is 2.26 bits per heavy atom. The molecule has 2 unspecified atom stereocenters. The lowest BCUT2D eigenvalue weighted by atomic mass is 9.99. The number of aromatic hydroxyl groups is 1. The van der Waals surface area contributed by atoms with Gasteiger partial charge in [0.25, 0.3) is 5.91 Å². The molecule has 0 fully saturated rings. The zero-order valence-corrected chi connectivity index (χ0v) is 26.4. The SMILES string of the molecule is CCCCCCCCN(C(=O)C(C)NC(=O)OC(C)(C)C)C(C(=O)Nc1ccc2ccccc2c1)c1ccc(O)c(C)c1. The van der Waals surface area contributed by atoms with Crippen molar-refractivity contribution in [3.63, 3.8) is 0 Å². The highest BCUT2D eigenvalue weighted by Gasteiger charge is 2.35. The number of ether oxygens (including phenoxy) is 1. The van der Waals surface area contributed by atoms with Crippen LogP contribution in [0.25, 0.3) is 10.8 Å². The summed E-state index contributed by atoms with van der Waals surface area (Å²) >= 11 is 0. The van der Waals surface area contributed by atoms with E-state index in [0.717, 1.165) is 42.9 Å². The van der Waals surface area contributed by atoms with Gasteiger partial charge in [-0.2, -0.15) is 0 Å². The highest BCUT2D eigenvalue weighted by atomic mass is 16.6. The molecule has 3 amide bonds. The number of nitrogens with zero attached hydrogens (tertiary/aromatic N) is 1. The number of hydrogen-bond donors (Lipinski definition) is 3. The minimum absolute atomic E-state index is 0.103. The maximum Gasteiger partial charge on any atom is 0.408 e. The Morgan fingerprint density at radius 2 is 1.58 bits per heavy atom. The number of benzene rings is 3. The van der Waals surface area contributed by atoms with E-state index in [-0.39, 0.29) is 11.7 Å². The van der Waals surface area contributed by atoms with Gasteiger partial charge in [-0.05, 0) is 87.2 Å². The predicted octanol–water partition coefficient (Wildman–Crippen LogP) is 7.64. The van der Waals surface area contributed by atoms with Crippen LogP contribution in [0.15, 0.2) is 60.7 Å². The number of phenolic OH excluding ortho intramolecular Hbond substituents is 1. The Kier molecular flexibility index (Phi) is 12.0. The molecule has 3 rings (SSSR count). The summed E-state index contributed by atoms with van der Waals surface area (Å²) in [5.41, 5.74) is 1.04. The van der Waals surface area contributed by atoms with Gasteiger partial charge in [0.05, 0.1) is 0 Å². The fourth-order valence-electron chi connectivity index (χ4n) is 5.02. The van der Waals surface area contributed by atoms with E-state index < -0.39 is 29.7 Å². The molecule has 8 heteroatoms. The van der Waals surface area contributed by atoms with Crippen molar-refractivity contribution in [2.24, 2.45) is 0 Å². The van der Waals surface area contributed by atoms with Gasteiger partial charge in [0, 0.05) is 12.2 Å². The van der Waals surface area contributed by atoms with Crippen LogP contribution in [0.4, 0.5) is 10.5 Å². The number of phenols is 1. The number of carbonyl (C=O) groups excluding carboxylic acids is 3. The number of unbranched alkanes of at least 4 members (excludes halogenated alkanes) is 5. The summed E-state index contributed by atoms with van der Waals surface area (Å²) in [6, 6.07) is 16.6. The topological polar surface area (TPSA) is 108 Å². The summed E-state index contributed by atoms with van der Waals surface area (Å²) in [7, 11) is 0. The van der Waals surface area contributed by atoms with Crippen molar-refractivity contribution in [3.05, 3.63) is 71.8 Å². The van der Waals surface area contributed by atoms with E-state index in [9.17, 15) is 19.5 Å². The van der Waals surface area contributed by atoms with Gasteiger partial charge in [-0.3, -0.25) is 9.59 Å². The molecule has 0 aliphatic carbocycles. The number of rotatable bonds is 13. The summed E-state index contributed by atoms with van der Waals surface area (Å²) in [6.45, 7) is 11.1. The second-order valence-electron chi connectivity index (χ2n) is 12.2. The number of alkyl carbamates (subject to hydrolysis) is 1. The lowest BCUT2D eigenvalue weighted by molar-refractivity contribution is -0.140. The van der Waals surface area contributed by atoms with Crippen LogP contribution in [0, 0.1) is 6.92 Å². The van der Waals surface area contributed by atoms with Gasteiger partial charge >= 0.3 is 6.09 Å². The van der Waals surface area contributed by atoms with Gasteiger partial charge in [0.2, 0.25) is 5.91 Å². The molecule has 0 radical (unpaired) electrons. The third-order valence-electron chi connectivity index (χ3n) is 7.25. The third kappa shape index (κ3) is 10.0. The third-order valence-corrected chi connectivity index (χ3v) is 7.25. The number of aryl methyl sites for hydroxylation is 1. The summed E-state index contributed by atoms with van der Waals surface area (Å²) in [5, 5.41) is 17.9. The van der Waals surface area contributed by atoms with Crippen molar-refractivity contribution in [1.29, 1.82) is 0 Å². The van der Waals surface area contributed by atoms with Crippen molar-refractivity contribution in [2.75, 3.05) is 11.9 Å². The van der Waals surface area contributed by atoms with Crippen molar-refractivity contribution < 1.29 is 24.2 Å². The van der Waals surface area contributed by atoms with E-state index in [1.807, 2.05) is 42.5 Å². The Balaban J connectivity index is 1.96. The molecular weight excluding hydrogens is 542 g/mol. The second kappa shape index (κ2) is 15.4. The quantitative estimate of drug-likeness (QED) is 0.178. The normalized spacial score (nSPS) is 12.8. The van der Waals surface area contributed by atoms with E-state index in [4.69, 9.17) is 4.74 Å². The average molecular weight is 590 g/mol. The standard InChI is InChI=1S/C35H47N3O5/c1-7-8-9-10-11-14-21-38(33(41)25(3)36-34(42)43-35(4,5)6)31(28-18-20-30(39)24(2)22-28)32(40)37-29-19-17-26-15-12-13-16-27(26)23-29/h12-13,15-20,22-23,25,31,39H,7-11,14,21H2,1-6H3,(H,36,42)(H,37,40). The molecular formula is C35H47N3O5. The van der Waals surface area contributed by atoms with Gasteiger partial charge in [-0.25, -0.2) is 4.79 Å². The van der Waals surface area contributed by atoms with Crippen molar-refractivity contribution in [3.8, 4) is 5.75 Å². The summed E-state index contributed by atoms with van der Waals surface area (Å²) in [5.74, 6) is -0.681. The maximum atomic E-state index is 14.1. The number of nitrogens with one attached hydrogen (secondary N) is 2. The smallest absolute Gasteiger partial charge is 0.408 e. The van der Waals surface area contributed by atoms with E-state index in [0.29, 0.717) is 29.8 Å². The molecule has 232 valence electrons. The molecule has 3 aromatic carbocycles. The molecule has 43 heavy (non-hydrogen) atoms. The van der Waals surface area contributed by atoms with E-state index in [1.165, 1.54) is 6.07 Å². The van der Waals surface area contributed by atoms with Gasteiger partial charge in [-0.15, -0.1) is 0 Å². The monoisotopic (exact) mass is 589 g/mol. The van der Waals surface area contributed by atoms with Crippen molar-refractivity contribution in [2.45, 2.75) is 97.8 Å². The lowest BCUT2D eigenvalue weighted by Gasteiger charge is -2.34. The second-order valence-corrected chi connectivity index (χ2v) is 12.2. The maximum absolute atomic E-state index is 14.1. The summed E-state index contributed by atoms with van der Waals surface area (Å²) < 4.78 is 5.38. The van der Waals surface area contributed by atoms with Gasteiger partial charge < -0.3 is 25.4 Å². The number of amides is 3. The van der Waals surface area contributed by atoms with Crippen LogP contribution in [-0.4, -0.2) is 46.1 Å². The molecule has 0 heterocycles. The first-order valence-corrected chi connectivity index (χ1v) is 15.3. The van der Waals surface area contributed by atoms with Gasteiger partial charge in [0.15, 0.2) is 0 Å². The molecule has 0 saturated carbocycles. The van der Waals surface area contributed by atoms with Crippen LogP contribution in [-0.2, 0) is 14.3 Å². The van der Waals surface area contributed by atoms with E-state index >= 15 is 0 Å². The zero-order chi connectivity index (χ0) is 31.6. The summed E-state index contributed by atoms with van der Waals surface area (Å²) in [6.07, 6.45) is 5.35. The number of anilines is 1. The van der Waals surface area contributed by atoms with Crippen LogP contribution in [0.5, 0.6) is 5.75 Å². The lowest BCUT2D eigenvalue weighted by Crippen LogP contribution is -2.51. The molecule has 0 spiro atoms. The molecule has 0 aromatic heterocycles. The van der Waals surface area contributed by atoms with Crippen molar-refractivity contribution >= 4 is 34.4 Å².